The topological polar surface area (TPSA) is 70.7 Å². The number of benzene rings is 2. The monoisotopic (exact) mass is 449 g/mol. The van der Waals surface area contributed by atoms with Gasteiger partial charge in [0.1, 0.15) is 0 Å². The highest BCUT2D eigenvalue weighted by Gasteiger charge is 2.18. The average molecular weight is 450 g/mol. The smallest absolute Gasteiger partial charge is 0.338 e. The van der Waals surface area contributed by atoms with Gasteiger partial charge in [0.25, 0.3) is 0 Å². The van der Waals surface area contributed by atoms with Crippen molar-refractivity contribution >= 4 is 52.3 Å². The number of carbonyl (C=O) groups excluding carboxylic acids is 2. The summed E-state index contributed by atoms with van der Waals surface area (Å²) in [5.41, 5.74) is 2.34. The maximum absolute atomic E-state index is 12.7. The van der Waals surface area contributed by atoms with E-state index < -0.39 is 12.0 Å². The van der Waals surface area contributed by atoms with Crippen molar-refractivity contribution in [2.45, 2.75) is 32.6 Å². The number of halogens is 2. The Hall–Kier alpha value is -2.44. The fourth-order valence-electron chi connectivity index (χ4n) is 3.42. The van der Waals surface area contributed by atoms with E-state index in [1.54, 1.807) is 37.3 Å². The molecule has 0 bridgehead atoms. The van der Waals surface area contributed by atoms with Crippen LogP contribution in [-0.4, -0.2) is 31.7 Å². The lowest BCUT2D eigenvalue weighted by Gasteiger charge is -2.26. The van der Waals surface area contributed by atoms with Gasteiger partial charge in [0.05, 0.1) is 33.6 Å². The van der Waals surface area contributed by atoms with Gasteiger partial charge in [-0.2, -0.15) is 0 Å². The lowest BCUT2D eigenvalue weighted by Crippen LogP contribution is -2.27. The summed E-state index contributed by atoms with van der Waals surface area (Å²) in [4.78, 5) is 27.1. The molecule has 1 saturated heterocycles. The van der Waals surface area contributed by atoms with Crippen molar-refractivity contribution in [3.63, 3.8) is 0 Å². The second-order valence-corrected chi connectivity index (χ2v) is 7.88. The second kappa shape index (κ2) is 10.5. The molecule has 0 radical (unpaired) electrons. The van der Waals surface area contributed by atoms with Crippen LogP contribution in [0.4, 0.5) is 21.9 Å². The highest BCUT2D eigenvalue weighted by molar-refractivity contribution is 6.42. The molecule has 2 N–H and O–H groups in total. The largest absolute Gasteiger partial charge is 0.462 e. The third-order valence-corrected chi connectivity index (χ3v) is 5.62. The molecule has 0 aromatic heterocycles. The predicted octanol–water partition coefficient (Wildman–Crippen LogP) is 6.19. The van der Waals surface area contributed by atoms with Gasteiger partial charge in [-0.25, -0.2) is 9.59 Å². The van der Waals surface area contributed by atoms with Crippen molar-refractivity contribution in [1.29, 1.82) is 0 Å². The van der Waals surface area contributed by atoms with Crippen molar-refractivity contribution in [3.05, 3.63) is 52.0 Å². The number of nitrogens with one attached hydrogen (secondary N) is 2. The molecule has 8 heteroatoms. The molecule has 0 aliphatic carbocycles. The van der Waals surface area contributed by atoms with Crippen LogP contribution in [0.1, 0.15) is 43.0 Å². The SMILES string of the molecule is CCOC(=O)c1ccc(N2CCCCCC2)c(NC(=O)Nc2ccc(Cl)c(Cl)c2)c1. The van der Waals surface area contributed by atoms with Crippen molar-refractivity contribution in [3.8, 4) is 0 Å². The van der Waals surface area contributed by atoms with E-state index in [2.05, 4.69) is 15.5 Å². The summed E-state index contributed by atoms with van der Waals surface area (Å²) in [6, 6.07) is 9.68. The zero-order chi connectivity index (χ0) is 21.5. The number of anilines is 3. The molecular weight excluding hydrogens is 425 g/mol. The lowest BCUT2D eigenvalue weighted by molar-refractivity contribution is 0.0526. The van der Waals surface area contributed by atoms with Gasteiger partial charge in [-0.3, -0.25) is 0 Å². The lowest BCUT2D eigenvalue weighted by atomic mass is 10.1. The summed E-state index contributed by atoms with van der Waals surface area (Å²) in [6.07, 6.45) is 4.57. The normalized spacial score (nSPS) is 14.0. The van der Waals surface area contributed by atoms with Gasteiger partial charge < -0.3 is 20.3 Å². The average Bonchev–Trinajstić information content (AvgIpc) is 3.00. The minimum Gasteiger partial charge on any atom is -0.462 e. The van der Waals surface area contributed by atoms with Crippen LogP contribution in [0.5, 0.6) is 0 Å². The molecule has 0 saturated carbocycles. The molecule has 160 valence electrons. The van der Waals surface area contributed by atoms with Crippen molar-refractivity contribution in [2.75, 3.05) is 35.2 Å². The highest BCUT2D eigenvalue weighted by Crippen LogP contribution is 2.30. The first-order valence-electron chi connectivity index (χ1n) is 10.1. The van der Waals surface area contributed by atoms with Gasteiger partial charge in [0.2, 0.25) is 0 Å². The second-order valence-electron chi connectivity index (χ2n) is 7.06. The number of hydrogen-bond donors (Lipinski definition) is 2. The molecule has 0 atom stereocenters. The Balaban J connectivity index is 1.84. The van der Waals surface area contributed by atoms with Gasteiger partial charge in [-0.1, -0.05) is 36.0 Å². The Morgan fingerprint density at radius 3 is 2.37 bits per heavy atom. The van der Waals surface area contributed by atoms with Crippen LogP contribution in [0.25, 0.3) is 0 Å². The molecule has 2 aromatic carbocycles. The van der Waals surface area contributed by atoms with Crippen LogP contribution in [0, 0.1) is 0 Å². The summed E-state index contributed by atoms with van der Waals surface area (Å²) in [7, 11) is 0. The molecule has 0 unspecified atom stereocenters. The Morgan fingerprint density at radius 2 is 1.70 bits per heavy atom. The van der Waals surface area contributed by atoms with E-state index in [4.69, 9.17) is 27.9 Å². The maximum Gasteiger partial charge on any atom is 0.338 e. The quantitative estimate of drug-likeness (QED) is 0.533. The van der Waals surface area contributed by atoms with Gasteiger partial charge in [0, 0.05) is 18.8 Å². The highest BCUT2D eigenvalue weighted by atomic mass is 35.5. The summed E-state index contributed by atoms with van der Waals surface area (Å²) < 4.78 is 5.11. The summed E-state index contributed by atoms with van der Waals surface area (Å²) in [6.45, 7) is 3.85. The molecule has 30 heavy (non-hydrogen) atoms. The van der Waals surface area contributed by atoms with Gasteiger partial charge in [0.15, 0.2) is 0 Å². The summed E-state index contributed by atoms with van der Waals surface area (Å²) in [5.74, 6) is -0.423. The van der Waals surface area contributed by atoms with Gasteiger partial charge >= 0.3 is 12.0 Å². The van der Waals surface area contributed by atoms with Gasteiger partial charge in [-0.15, -0.1) is 0 Å². The van der Waals surface area contributed by atoms with E-state index in [1.807, 2.05) is 6.07 Å². The fraction of sp³-hybridized carbons (Fsp3) is 0.364. The zero-order valence-corrected chi connectivity index (χ0v) is 18.4. The number of amides is 2. The van der Waals surface area contributed by atoms with E-state index in [1.165, 1.54) is 12.8 Å². The van der Waals surface area contributed by atoms with Crippen LogP contribution in [0.15, 0.2) is 36.4 Å². The number of carbonyl (C=O) groups is 2. The van der Waals surface area contributed by atoms with E-state index in [0.29, 0.717) is 27.0 Å². The Labute approximate surface area is 186 Å². The molecule has 2 amide bonds. The fourth-order valence-corrected chi connectivity index (χ4v) is 3.72. The minimum absolute atomic E-state index is 0.285. The number of urea groups is 1. The number of hydrogen-bond acceptors (Lipinski definition) is 4. The van der Waals surface area contributed by atoms with Crippen molar-refractivity contribution in [2.24, 2.45) is 0 Å². The third kappa shape index (κ3) is 5.80. The Bertz CT molecular complexity index is 912. The summed E-state index contributed by atoms with van der Waals surface area (Å²) >= 11 is 12.0. The van der Waals surface area contributed by atoms with Crippen molar-refractivity contribution < 1.29 is 14.3 Å². The van der Waals surface area contributed by atoms with Gasteiger partial charge in [-0.05, 0) is 56.2 Å². The van der Waals surface area contributed by atoms with Crippen LogP contribution in [0.2, 0.25) is 10.0 Å². The zero-order valence-electron chi connectivity index (χ0n) is 16.8. The molecular formula is C22H25Cl2N3O3. The predicted molar refractivity (Wildman–Crippen MR) is 122 cm³/mol. The number of nitrogens with zero attached hydrogens (tertiary/aromatic N) is 1. The number of esters is 1. The van der Waals surface area contributed by atoms with Crippen LogP contribution < -0.4 is 15.5 Å². The first-order chi connectivity index (χ1) is 14.5. The molecule has 1 fully saturated rings. The molecule has 1 heterocycles. The van der Waals surface area contributed by atoms with E-state index in [-0.39, 0.29) is 6.61 Å². The molecule has 0 spiro atoms. The molecule has 6 nitrogen and oxygen atoms in total. The molecule has 1 aliphatic heterocycles. The molecule has 1 aliphatic rings. The molecule has 3 rings (SSSR count). The van der Waals surface area contributed by atoms with E-state index in [0.717, 1.165) is 31.6 Å². The Kier molecular flexibility index (Phi) is 7.82. The number of rotatable bonds is 5. The van der Waals surface area contributed by atoms with Crippen LogP contribution in [0.3, 0.4) is 0 Å². The Morgan fingerprint density at radius 1 is 0.967 bits per heavy atom. The number of ether oxygens (including phenoxy) is 1. The minimum atomic E-state index is -0.439. The standard InChI is InChI=1S/C22H25Cl2N3O3/c1-2-30-21(28)15-7-10-20(27-11-5-3-4-6-12-27)19(13-15)26-22(29)25-16-8-9-17(23)18(24)14-16/h7-10,13-14H,2-6,11-12H2,1H3,(H2,25,26,29). The third-order valence-electron chi connectivity index (χ3n) is 4.88. The van der Waals surface area contributed by atoms with E-state index >= 15 is 0 Å². The van der Waals surface area contributed by atoms with Crippen molar-refractivity contribution in [1.82, 2.24) is 0 Å². The van der Waals surface area contributed by atoms with Crippen LogP contribution in [-0.2, 0) is 4.74 Å². The van der Waals surface area contributed by atoms with Crippen LogP contribution >= 0.6 is 23.2 Å². The molecule has 2 aromatic rings. The maximum atomic E-state index is 12.7. The van der Waals surface area contributed by atoms with E-state index in [9.17, 15) is 9.59 Å². The first kappa shape index (κ1) is 22.2. The first-order valence-corrected chi connectivity index (χ1v) is 10.8. The summed E-state index contributed by atoms with van der Waals surface area (Å²) in [5, 5.41) is 6.38.